The largest absolute Gasteiger partial charge is 0.366 e. The molecule has 0 saturated heterocycles. The van der Waals surface area contributed by atoms with Gasteiger partial charge in [0.15, 0.2) is 0 Å². The summed E-state index contributed by atoms with van der Waals surface area (Å²) in [7, 11) is 0.632. The van der Waals surface area contributed by atoms with Crippen LogP contribution in [0.3, 0.4) is 0 Å². The maximum atomic E-state index is 11.4. The van der Waals surface area contributed by atoms with Crippen molar-refractivity contribution in [3.63, 3.8) is 0 Å². The summed E-state index contributed by atoms with van der Waals surface area (Å²) in [5.41, 5.74) is 7.96. The number of carbonyl (C=O) groups is 1. The highest BCUT2D eigenvalue weighted by Crippen LogP contribution is 2.21. The van der Waals surface area contributed by atoms with Crippen molar-refractivity contribution in [3.05, 3.63) is 48.1 Å². The Kier molecular flexibility index (Phi) is 4.45. The van der Waals surface area contributed by atoms with Crippen LogP contribution in [0.2, 0.25) is 0 Å². The third kappa shape index (κ3) is 2.59. The molecule has 0 saturated carbocycles. The van der Waals surface area contributed by atoms with Gasteiger partial charge in [-0.05, 0) is 36.1 Å². The number of primary amides is 1. The molecule has 1 amide bonds. The first kappa shape index (κ1) is 12.7. The van der Waals surface area contributed by atoms with Gasteiger partial charge >= 0.3 is 0 Å². The number of benzene rings is 1. The number of aryl methyl sites for hydroxylation is 1. The van der Waals surface area contributed by atoms with Crippen molar-refractivity contribution < 1.29 is 4.79 Å². The zero-order valence-corrected chi connectivity index (χ0v) is 10.6. The van der Waals surface area contributed by atoms with Crippen LogP contribution < -0.4 is 11.0 Å². The molecule has 0 aromatic heterocycles. The second-order valence-electron chi connectivity index (χ2n) is 3.43. The van der Waals surface area contributed by atoms with E-state index in [2.05, 4.69) is 13.2 Å². The van der Waals surface area contributed by atoms with Crippen molar-refractivity contribution in [1.29, 1.82) is 0 Å². The molecule has 0 aliphatic heterocycles. The van der Waals surface area contributed by atoms with Gasteiger partial charge in [0.25, 0.3) is 0 Å². The molecule has 84 valence electrons. The summed E-state index contributed by atoms with van der Waals surface area (Å²) in [5.74, 6) is -0.409. The molecule has 2 N–H and O–H groups in total. The Balaban J connectivity index is 3.45. The summed E-state index contributed by atoms with van der Waals surface area (Å²) in [5, 5.41) is 1.16. The van der Waals surface area contributed by atoms with Crippen LogP contribution in [-0.4, -0.2) is 12.6 Å². The van der Waals surface area contributed by atoms with Crippen molar-refractivity contribution in [2.24, 2.45) is 5.73 Å². The van der Waals surface area contributed by atoms with Gasteiger partial charge in [0.2, 0.25) is 5.91 Å². The Bertz CT molecular complexity index is 449. The van der Waals surface area contributed by atoms with Crippen LogP contribution in [0.15, 0.2) is 36.9 Å². The Morgan fingerprint density at radius 3 is 2.69 bits per heavy atom. The van der Waals surface area contributed by atoms with Crippen LogP contribution in [0.25, 0.3) is 5.57 Å². The molecular weight excluding hydrogens is 217 g/mol. The standard InChI is InChI=1S/C13H16NOP/c1-4-6-10(13(14)15)12-9(2)7-5-8-11(12)16-3/h4-8,16H,1H2,2-3H3,(H2,14,15)/b10-6+. The summed E-state index contributed by atoms with van der Waals surface area (Å²) in [6, 6.07) is 6.01. The summed E-state index contributed by atoms with van der Waals surface area (Å²) in [6.45, 7) is 7.68. The molecule has 0 heterocycles. The molecule has 1 aromatic rings. The van der Waals surface area contributed by atoms with E-state index in [1.54, 1.807) is 12.2 Å². The lowest BCUT2D eigenvalue weighted by Crippen LogP contribution is -2.18. The third-order valence-electron chi connectivity index (χ3n) is 2.36. The zero-order chi connectivity index (χ0) is 12.1. The smallest absolute Gasteiger partial charge is 0.249 e. The van der Waals surface area contributed by atoms with E-state index in [1.807, 2.05) is 25.1 Å². The van der Waals surface area contributed by atoms with Gasteiger partial charge < -0.3 is 5.73 Å². The number of hydrogen-bond acceptors (Lipinski definition) is 1. The van der Waals surface area contributed by atoms with Crippen LogP contribution in [0.5, 0.6) is 0 Å². The van der Waals surface area contributed by atoms with E-state index in [-0.39, 0.29) is 0 Å². The second kappa shape index (κ2) is 5.62. The lowest BCUT2D eigenvalue weighted by atomic mass is 9.99. The highest BCUT2D eigenvalue weighted by atomic mass is 31.1. The van der Waals surface area contributed by atoms with E-state index in [1.165, 1.54) is 0 Å². The van der Waals surface area contributed by atoms with E-state index in [0.29, 0.717) is 14.2 Å². The molecule has 0 aliphatic carbocycles. The molecule has 16 heavy (non-hydrogen) atoms. The third-order valence-corrected chi connectivity index (χ3v) is 3.32. The Morgan fingerprint density at radius 1 is 1.50 bits per heavy atom. The van der Waals surface area contributed by atoms with Crippen molar-refractivity contribution in [2.45, 2.75) is 6.92 Å². The van der Waals surface area contributed by atoms with Crippen LogP contribution in [0.1, 0.15) is 11.1 Å². The summed E-state index contributed by atoms with van der Waals surface area (Å²) < 4.78 is 0. The lowest BCUT2D eigenvalue weighted by molar-refractivity contribution is -0.112. The van der Waals surface area contributed by atoms with Gasteiger partial charge in [-0.2, -0.15) is 0 Å². The average molecular weight is 233 g/mol. The van der Waals surface area contributed by atoms with E-state index < -0.39 is 5.91 Å². The van der Waals surface area contributed by atoms with Gasteiger partial charge in [-0.15, -0.1) is 0 Å². The molecule has 3 heteroatoms. The molecule has 1 atom stereocenters. The Hall–Kier alpha value is -1.40. The number of hydrogen-bond donors (Lipinski definition) is 1. The van der Waals surface area contributed by atoms with E-state index in [0.717, 1.165) is 16.4 Å². The maximum absolute atomic E-state index is 11.4. The van der Waals surface area contributed by atoms with E-state index in [4.69, 9.17) is 5.73 Å². The van der Waals surface area contributed by atoms with Gasteiger partial charge in [0, 0.05) is 5.57 Å². The van der Waals surface area contributed by atoms with E-state index in [9.17, 15) is 4.79 Å². The molecule has 1 unspecified atom stereocenters. The first-order chi connectivity index (χ1) is 7.61. The predicted octanol–water partition coefficient (Wildman–Crippen LogP) is 1.98. The van der Waals surface area contributed by atoms with Gasteiger partial charge in [0.1, 0.15) is 0 Å². The van der Waals surface area contributed by atoms with Crippen molar-refractivity contribution in [2.75, 3.05) is 6.66 Å². The number of nitrogens with two attached hydrogens (primary N) is 1. The molecule has 0 spiro atoms. The first-order valence-corrected chi connectivity index (χ1v) is 6.52. The molecule has 0 fully saturated rings. The Labute approximate surface area is 98.0 Å². The number of rotatable bonds is 4. The number of carbonyl (C=O) groups excluding carboxylic acids is 1. The van der Waals surface area contributed by atoms with Gasteiger partial charge in [-0.3, -0.25) is 4.79 Å². The first-order valence-electron chi connectivity index (χ1n) is 5.02. The topological polar surface area (TPSA) is 43.1 Å². The minimum Gasteiger partial charge on any atom is -0.366 e. The minimum absolute atomic E-state index is 0.409. The molecule has 0 bridgehead atoms. The van der Waals surface area contributed by atoms with Crippen molar-refractivity contribution in [1.82, 2.24) is 0 Å². The van der Waals surface area contributed by atoms with Crippen molar-refractivity contribution >= 4 is 25.4 Å². The molecule has 1 rings (SSSR count). The highest BCUT2D eigenvalue weighted by Gasteiger charge is 2.13. The molecule has 1 aromatic carbocycles. The fraction of sp³-hybridized carbons (Fsp3) is 0.154. The van der Waals surface area contributed by atoms with E-state index >= 15 is 0 Å². The molecular formula is C13H16NOP. The molecule has 0 radical (unpaired) electrons. The minimum atomic E-state index is -0.409. The number of allylic oxidation sites excluding steroid dienone is 2. The second-order valence-corrected chi connectivity index (χ2v) is 4.47. The monoisotopic (exact) mass is 233 g/mol. The zero-order valence-electron chi connectivity index (χ0n) is 9.58. The van der Waals surface area contributed by atoms with Gasteiger partial charge in [0.05, 0.1) is 0 Å². The summed E-state index contributed by atoms with van der Waals surface area (Å²) in [6.07, 6.45) is 3.27. The van der Waals surface area contributed by atoms with Crippen LogP contribution in [0, 0.1) is 6.92 Å². The summed E-state index contributed by atoms with van der Waals surface area (Å²) in [4.78, 5) is 11.4. The maximum Gasteiger partial charge on any atom is 0.249 e. The lowest BCUT2D eigenvalue weighted by Gasteiger charge is -2.12. The highest BCUT2D eigenvalue weighted by molar-refractivity contribution is 7.46. The summed E-state index contributed by atoms with van der Waals surface area (Å²) >= 11 is 0. The molecule has 0 aliphatic rings. The van der Waals surface area contributed by atoms with Crippen LogP contribution in [-0.2, 0) is 4.79 Å². The fourth-order valence-corrected chi connectivity index (χ4v) is 2.48. The van der Waals surface area contributed by atoms with Gasteiger partial charge in [-0.1, -0.05) is 39.4 Å². The predicted molar refractivity (Wildman–Crippen MR) is 72.4 cm³/mol. The molecule has 2 nitrogen and oxygen atoms in total. The average Bonchev–Trinajstić information content (AvgIpc) is 2.26. The Morgan fingerprint density at radius 2 is 2.19 bits per heavy atom. The normalized spacial score (nSPS) is 12.0. The fourth-order valence-electron chi connectivity index (χ4n) is 1.64. The SMILES string of the molecule is C=C/C=C(/C(N)=O)c1c(C)cccc1PC. The van der Waals surface area contributed by atoms with Crippen molar-refractivity contribution in [3.8, 4) is 0 Å². The quantitative estimate of drug-likeness (QED) is 0.482. The number of amides is 1. The van der Waals surface area contributed by atoms with Crippen LogP contribution in [0.4, 0.5) is 0 Å². The van der Waals surface area contributed by atoms with Crippen LogP contribution >= 0.6 is 8.58 Å². The van der Waals surface area contributed by atoms with Gasteiger partial charge in [-0.25, -0.2) is 0 Å².